The third kappa shape index (κ3) is 4.09. The number of carbonyl (C=O) groups is 2. The van der Waals surface area contributed by atoms with Crippen molar-refractivity contribution in [2.45, 2.75) is 31.5 Å². The number of carbonyl (C=O) groups excluding carboxylic acids is 1. The van der Waals surface area contributed by atoms with Crippen LogP contribution in [0.1, 0.15) is 34.6 Å². The molecule has 0 atom stereocenters. The molecule has 0 unspecified atom stereocenters. The zero-order chi connectivity index (χ0) is 23.2. The van der Waals surface area contributed by atoms with Crippen molar-refractivity contribution in [3.63, 3.8) is 0 Å². The highest BCUT2D eigenvalue weighted by atomic mass is 35.5. The molecule has 3 N–H and O–H groups in total. The number of amides is 2. The van der Waals surface area contributed by atoms with Gasteiger partial charge in [-0.15, -0.1) is 0 Å². The fourth-order valence-corrected chi connectivity index (χ4v) is 4.11. The van der Waals surface area contributed by atoms with Gasteiger partial charge in [-0.1, -0.05) is 11.6 Å². The van der Waals surface area contributed by atoms with Gasteiger partial charge in [0, 0.05) is 18.4 Å². The number of benzene rings is 1. The molecule has 0 bridgehead atoms. The molecule has 1 fully saturated rings. The second kappa shape index (κ2) is 8.04. The van der Waals surface area contributed by atoms with Gasteiger partial charge in [0.15, 0.2) is 0 Å². The molecule has 3 heterocycles. The van der Waals surface area contributed by atoms with Gasteiger partial charge in [-0.3, -0.25) is 9.67 Å². The largest absolute Gasteiger partial charge is 0.478 e. The Hall–Kier alpha value is -3.66. The molecule has 5 rings (SSSR count). The molecule has 3 aromatic rings. The number of halogens is 2. The van der Waals surface area contributed by atoms with Crippen molar-refractivity contribution in [1.29, 1.82) is 0 Å². The normalized spacial score (nSPS) is 16.1. The molecule has 2 aromatic heterocycles. The molecule has 33 heavy (non-hydrogen) atoms. The number of nitrogens with zero attached hydrogens (tertiary/aromatic N) is 4. The molecule has 0 radical (unpaired) electrons. The molecule has 9 nitrogen and oxygen atoms in total. The molecule has 1 saturated carbocycles. The lowest BCUT2D eigenvalue weighted by atomic mass is 10.1. The van der Waals surface area contributed by atoms with E-state index in [1.807, 2.05) is 4.68 Å². The summed E-state index contributed by atoms with van der Waals surface area (Å²) in [5, 5.41) is 19.7. The lowest BCUT2D eigenvalue weighted by Gasteiger charge is -2.29. The van der Waals surface area contributed by atoms with Crippen LogP contribution in [0, 0.1) is 5.82 Å². The highest BCUT2D eigenvalue weighted by Crippen LogP contribution is 2.48. The Labute approximate surface area is 193 Å². The molecular formula is C22H20ClFN6O3. The summed E-state index contributed by atoms with van der Waals surface area (Å²) in [5.41, 5.74) is 2.61. The van der Waals surface area contributed by atoms with Crippen molar-refractivity contribution in [2.75, 3.05) is 17.2 Å². The topological polar surface area (TPSA) is 112 Å². The molecule has 1 aliphatic heterocycles. The van der Waals surface area contributed by atoms with Crippen molar-refractivity contribution >= 4 is 35.0 Å². The predicted octanol–water partition coefficient (Wildman–Crippen LogP) is 3.92. The number of carboxylic acid groups (broad SMARTS) is 1. The average Bonchev–Trinajstić information content (AvgIpc) is 3.49. The van der Waals surface area contributed by atoms with Crippen LogP contribution in [0.5, 0.6) is 0 Å². The first-order valence-corrected chi connectivity index (χ1v) is 10.8. The van der Waals surface area contributed by atoms with Crippen LogP contribution in [0.4, 0.5) is 20.6 Å². The SMILES string of the molecule is O=C(O)c1ccc(C2(Nc3cnn4c3CN(C(=O)Nc3ccc(F)c(Cl)c3)CC4)CC2)nc1. The lowest BCUT2D eigenvalue weighted by molar-refractivity contribution is 0.0696. The zero-order valence-corrected chi connectivity index (χ0v) is 18.1. The summed E-state index contributed by atoms with van der Waals surface area (Å²) in [6.45, 7) is 1.34. The molecule has 1 aromatic carbocycles. The van der Waals surface area contributed by atoms with Crippen LogP contribution in [0.3, 0.4) is 0 Å². The second-order valence-electron chi connectivity index (χ2n) is 8.15. The van der Waals surface area contributed by atoms with E-state index in [0.717, 1.165) is 29.9 Å². The molecule has 0 saturated heterocycles. The minimum absolute atomic E-state index is 0.0595. The van der Waals surface area contributed by atoms with E-state index in [9.17, 15) is 14.0 Å². The van der Waals surface area contributed by atoms with E-state index < -0.39 is 11.8 Å². The van der Waals surface area contributed by atoms with Gasteiger partial charge in [0.25, 0.3) is 0 Å². The van der Waals surface area contributed by atoms with E-state index in [1.54, 1.807) is 23.2 Å². The highest BCUT2D eigenvalue weighted by Gasteiger charge is 2.46. The molecule has 170 valence electrons. The third-order valence-corrected chi connectivity index (χ3v) is 6.24. The van der Waals surface area contributed by atoms with Gasteiger partial charge in [-0.2, -0.15) is 5.10 Å². The first kappa shape index (κ1) is 21.2. The quantitative estimate of drug-likeness (QED) is 0.521. The minimum atomic E-state index is -1.01. The Kier molecular flexibility index (Phi) is 5.16. The van der Waals surface area contributed by atoms with E-state index in [1.165, 1.54) is 24.4 Å². The number of aromatic nitrogens is 3. The van der Waals surface area contributed by atoms with E-state index in [2.05, 4.69) is 20.7 Å². The maximum absolute atomic E-state index is 13.4. The van der Waals surface area contributed by atoms with Crippen molar-refractivity contribution in [1.82, 2.24) is 19.7 Å². The van der Waals surface area contributed by atoms with Gasteiger partial charge in [0.2, 0.25) is 0 Å². The van der Waals surface area contributed by atoms with Crippen LogP contribution in [0.2, 0.25) is 5.02 Å². The van der Waals surface area contributed by atoms with Crippen LogP contribution in [0.25, 0.3) is 0 Å². The van der Waals surface area contributed by atoms with Crippen molar-refractivity contribution in [3.05, 3.63) is 70.5 Å². The van der Waals surface area contributed by atoms with E-state index >= 15 is 0 Å². The van der Waals surface area contributed by atoms with Crippen molar-refractivity contribution in [3.8, 4) is 0 Å². The van der Waals surface area contributed by atoms with Crippen LogP contribution in [-0.4, -0.2) is 43.3 Å². The average molecular weight is 471 g/mol. The summed E-state index contributed by atoms with van der Waals surface area (Å²) >= 11 is 5.80. The fourth-order valence-electron chi connectivity index (χ4n) is 3.93. The van der Waals surface area contributed by atoms with E-state index in [-0.39, 0.29) is 22.2 Å². The smallest absolute Gasteiger partial charge is 0.337 e. The van der Waals surface area contributed by atoms with Gasteiger partial charge >= 0.3 is 12.0 Å². The van der Waals surface area contributed by atoms with Gasteiger partial charge in [-0.25, -0.2) is 14.0 Å². The first-order chi connectivity index (χ1) is 15.8. The van der Waals surface area contributed by atoms with Crippen LogP contribution in [0.15, 0.2) is 42.7 Å². The van der Waals surface area contributed by atoms with Gasteiger partial charge < -0.3 is 20.6 Å². The zero-order valence-electron chi connectivity index (χ0n) is 17.4. The summed E-state index contributed by atoms with van der Waals surface area (Å²) in [5.74, 6) is -1.56. The summed E-state index contributed by atoms with van der Waals surface area (Å²) in [6.07, 6.45) is 4.81. The van der Waals surface area contributed by atoms with Crippen LogP contribution >= 0.6 is 11.6 Å². The monoisotopic (exact) mass is 470 g/mol. The number of nitrogens with one attached hydrogen (secondary N) is 2. The van der Waals surface area contributed by atoms with Crippen molar-refractivity contribution < 1.29 is 19.1 Å². The minimum Gasteiger partial charge on any atom is -0.478 e. The maximum atomic E-state index is 13.4. The lowest BCUT2D eigenvalue weighted by Crippen LogP contribution is -2.41. The number of pyridine rings is 1. The van der Waals surface area contributed by atoms with Crippen molar-refractivity contribution in [2.24, 2.45) is 0 Å². The van der Waals surface area contributed by atoms with Crippen LogP contribution < -0.4 is 10.6 Å². The summed E-state index contributed by atoms with van der Waals surface area (Å²) in [7, 11) is 0. The standard InChI is InChI=1S/C22H20ClFN6O3/c23-15-9-14(2-3-16(15)24)27-21(33)29-7-8-30-18(12-29)17(11-26-30)28-22(5-6-22)19-4-1-13(10-25-19)20(31)32/h1-4,9-11,28H,5-8,12H2,(H,27,33)(H,31,32). The molecule has 0 spiro atoms. The Morgan fingerprint density at radius 3 is 2.64 bits per heavy atom. The highest BCUT2D eigenvalue weighted by molar-refractivity contribution is 6.31. The molecule has 2 amide bonds. The third-order valence-electron chi connectivity index (χ3n) is 5.95. The van der Waals surface area contributed by atoms with E-state index in [0.29, 0.717) is 25.3 Å². The van der Waals surface area contributed by atoms with E-state index in [4.69, 9.17) is 16.7 Å². The number of rotatable bonds is 5. The summed E-state index contributed by atoms with van der Waals surface area (Å²) in [4.78, 5) is 29.9. The van der Waals surface area contributed by atoms with Gasteiger partial charge in [-0.05, 0) is 43.2 Å². The number of anilines is 2. The first-order valence-electron chi connectivity index (χ1n) is 10.4. The number of hydrogen-bond acceptors (Lipinski definition) is 5. The Morgan fingerprint density at radius 2 is 1.97 bits per heavy atom. The maximum Gasteiger partial charge on any atom is 0.337 e. The molecule has 11 heteroatoms. The molecule has 2 aliphatic rings. The number of aromatic carboxylic acids is 1. The summed E-state index contributed by atoms with van der Waals surface area (Å²) < 4.78 is 15.2. The summed E-state index contributed by atoms with van der Waals surface area (Å²) in [6, 6.07) is 7.00. The Morgan fingerprint density at radius 1 is 1.15 bits per heavy atom. The number of urea groups is 1. The van der Waals surface area contributed by atoms with Crippen LogP contribution in [-0.2, 0) is 18.6 Å². The molecule has 1 aliphatic carbocycles. The number of fused-ring (bicyclic) bond motifs is 1. The van der Waals surface area contributed by atoms with Gasteiger partial charge in [0.1, 0.15) is 5.82 Å². The number of carboxylic acids is 1. The van der Waals surface area contributed by atoms with Gasteiger partial charge in [0.05, 0.1) is 52.5 Å². The Bertz CT molecular complexity index is 1240. The fraction of sp³-hybridized carbons (Fsp3) is 0.273. The molecular weight excluding hydrogens is 451 g/mol. The predicted molar refractivity (Wildman–Crippen MR) is 119 cm³/mol. The number of hydrogen-bond donors (Lipinski definition) is 3. The second-order valence-corrected chi connectivity index (χ2v) is 8.56. The Balaban J connectivity index is 1.30.